The number of halogens is 1. The van der Waals surface area contributed by atoms with Crippen LogP contribution >= 0.6 is 11.6 Å². The molecule has 1 aromatic rings. The van der Waals surface area contributed by atoms with Crippen molar-refractivity contribution < 1.29 is 9.59 Å². The molecule has 0 heterocycles. The molecule has 0 radical (unpaired) electrons. The molecule has 0 unspecified atom stereocenters. The predicted molar refractivity (Wildman–Crippen MR) is 103 cm³/mol. The van der Waals surface area contributed by atoms with Crippen LogP contribution in [0.4, 0.5) is 5.69 Å². The third-order valence-corrected chi connectivity index (χ3v) is 7.01. The molecule has 0 aromatic heterocycles. The Morgan fingerprint density at radius 2 is 1.69 bits per heavy atom. The Bertz CT molecular complexity index is 695. The zero-order valence-corrected chi connectivity index (χ0v) is 16.1. The molecule has 4 nitrogen and oxygen atoms in total. The van der Waals surface area contributed by atoms with E-state index in [9.17, 15) is 9.59 Å². The normalized spacial score (nSPS) is 31.7. The van der Waals surface area contributed by atoms with E-state index in [1.165, 1.54) is 38.5 Å². The van der Waals surface area contributed by atoms with Crippen molar-refractivity contribution in [3.63, 3.8) is 0 Å². The van der Waals surface area contributed by atoms with Gasteiger partial charge in [-0.2, -0.15) is 0 Å². The molecule has 2 amide bonds. The molecule has 4 aliphatic carbocycles. The number of hydrogen-bond donors (Lipinski definition) is 2. The summed E-state index contributed by atoms with van der Waals surface area (Å²) in [5.41, 5.74) is 1.83. The van der Waals surface area contributed by atoms with Gasteiger partial charge >= 0.3 is 0 Å². The number of anilines is 1. The van der Waals surface area contributed by atoms with Crippen LogP contribution in [0.5, 0.6) is 0 Å². The van der Waals surface area contributed by atoms with Crippen molar-refractivity contribution >= 4 is 29.1 Å². The minimum absolute atomic E-state index is 0.0106. The van der Waals surface area contributed by atoms with E-state index >= 15 is 0 Å². The van der Waals surface area contributed by atoms with Crippen LogP contribution in [-0.4, -0.2) is 18.4 Å². The van der Waals surface area contributed by atoms with Gasteiger partial charge in [0.2, 0.25) is 11.8 Å². The second-order valence-electron chi connectivity index (χ2n) is 8.88. The van der Waals surface area contributed by atoms with Crippen LogP contribution < -0.4 is 10.6 Å². The summed E-state index contributed by atoms with van der Waals surface area (Å²) in [6.45, 7) is 1.93. The molecule has 0 saturated heterocycles. The third kappa shape index (κ3) is 3.75. The van der Waals surface area contributed by atoms with Crippen LogP contribution in [0.3, 0.4) is 0 Å². The zero-order valence-electron chi connectivity index (χ0n) is 15.3. The Morgan fingerprint density at radius 1 is 1.08 bits per heavy atom. The van der Waals surface area contributed by atoms with Gasteiger partial charge in [0.05, 0.1) is 6.54 Å². The first kappa shape index (κ1) is 17.8. The molecule has 26 heavy (non-hydrogen) atoms. The van der Waals surface area contributed by atoms with Crippen LogP contribution in [0.25, 0.3) is 0 Å². The van der Waals surface area contributed by atoms with Crippen molar-refractivity contribution in [3.05, 3.63) is 28.8 Å². The number of rotatable bonds is 5. The van der Waals surface area contributed by atoms with Crippen LogP contribution in [0.1, 0.15) is 50.5 Å². The van der Waals surface area contributed by atoms with Crippen molar-refractivity contribution in [1.82, 2.24) is 5.32 Å². The largest absolute Gasteiger partial charge is 0.347 e. The lowest BCUT2D eigenvalue weighted by Crippen LogP contribution is -2.48. The number of carbonyl (C=O) groups is 2. The lowest BCUT2D eigenvalue weighted by Gasteiger charge is -2.56. The fourth-order valence-corrected chi connectivity index (χ4v) is 6.14. The molecule has 0 aliphatic heterocycles. The van der Waals surface area contributed by atoms with Crippen LogP contribution in [0.2, 0.25) is 5.02 Å². The molecule has 140 valence electrons. The van der Waals surface area contributed by atoms with Crippen molar-refractivity contribution in [1.29, 1.82) is 0 Å². The first-order chi connectivity index (χ1) is 12.4. The van der Waals surface area contributed by atoms with E-state index in [-0.39, 0.29) is 23.8 Å². The van der Waals surface area contributed by atoms with Crippen molar-refractivity contribution in [3.8, 4) is 0 Å². The highest BCUT2D eigenvalue weighted by Crippen LogP contribution is 2.61. The number of amides is 2. The van der Waals surface area contributed by atoms with Gasteiger partial charge in [0.15, 0.2) is 0 Å². The standard InChI is InChI=1S/C21H27ClN2O2/c1-13-2-3-17(7-18(13)22)24-20(26)12-23-19(25)11-21-8-14-4-15(9-21)6-16(5-14)10-21/h2-3,7,14-16H,4-6,8-12H2,1H3,(H,23,25)(H,24,26). The number of hydrogen-bond acceptors (Lipinski definition) is 2. The van der Waals surface area contributed by atoms with Crippen LogP contribution in [0, 0.1) is 30.1 Å². The van der Waals surface area contributed by atoms with E-state index in [0.717, 1.165) is 23.3 Å². The number of nitrogens with one attached hydrogen (secondary N) is 2. The lowest BCUT2D eigenvalue weighted by atomic mass is 9.49. The van der Waals surface area contributed by atoms with E-state index in [4.69, 9.17) is 11.6 Å². The van der Waals surface area contributed by atoms with E-state index < -0.39 is 0 Å². The van der Waals surface area contributed by atoms with Gasteiger partial charge in [-0.05, 0) is 86.3 Å². The van der Waals surface area contributed by atoms with Crippen LogP contribution in [-0.2, 0) is 9.59 Å². The molecule has 4 fully saturated rings. The first-order valence-electron chi connectivity index (χ1n) is 9.73. The Balaban J connectivity index is 1.27. The maximum Gasteiger partial charge on any atom is 0.243 e. The Kier molecular flexibility index (Phi) is 4.72. The second-order valence-corrected chi connectivity index (χ2v) is 9.29. The minimum atomic E-state index is -0.219. The van der Waals surface area contributed by atoms with Gasteiger partial charge in [0.1, 0.15) is 0 Å². The Hall–Kier alpha value is -1.55. The number of carbonyl (C=O) groups excluding carboxylic acids is 2. The topological polar surface area (TPSA) is 58.2 Å². The lowest BCUT2D eigenvalue weighted by molar-refractivity contribution is -0.131. The maximum absolute atomic E-state index is 12.5. The summed E-state index contributed by atoms with van der Waals surface area (Å²) >= 11 is 6.08. The molecule has 5 rings (SSSR count). The first-order valence-corrected chi connectivity index (χ1v) is 10.1. The molecular weight excluding hydrogens is 348 g/mol. The predicted octanol–water partition coefficient (Wildman–Crippen LogP) is 4.31. The summed E-state index contributed by atoms with van der Waals surface area (Å²) in [4.78, 5) is 24.6. The van der Waals surface area contributed by atoms with Gasteiger partial charge in [-0.3, -0.25) is 9.59 Å². The van der Waals surface area contributed by atoms with E-state index in [1.54, 1.807) is 6.07 Å². The fraction of sp³-hybridized carbons (Fsp3) is 0.619. The highest BCUT2D eigenvalue weighted by molar-refractivity contribution is 6.31. The van der Waals surface area contributed by atoms with E-state index in [2.05, 4.69) is 10.6 Å². The smallest absolute Gasteiger partial charge is 0.243 e. The summed E-state index contributed by atoms with van der Waals surface area (Å²) < 4.78 is 0. The van der Waals surface area contributed by atoms with Crippen molar-refractivity contribution in [2.24, 2.45) is 23.2 Å². The average Bonchev–Trinajstić information content (AvgIpc) is 2.55. The number of benzene rings is 1. The quantitative estimate of drug-likeness (QED) is 0.806. The Morgan fingerprint density at radius 3 is 2.27 bits per heavy atom. The van der Waals surface area contributed by atoms with Gasteiger partial charge in [-0.25, -0.2) is 0 Å². The molecular formula is C21H27ClN2O2. The highest BCUT2D eigenvalue weighted by atomic mass is 35.5. The summed E-state index contributed by atoms with van der Waals surface area (Å²) in [5.74, 6) is 2.31. The summed E-state index contributed by atoms with van der Waals surface area (Å²) in [5, 5.41) is 6.23. The van der Waals surface area contributed by atoms with Gasteiger partial charge < -0.3 is 10.6 Å². The zero-order chi connectivity index (χ0) is 18.3. The summed E-state index contributed by atoms with van der Waals surface area (Å²) in [7, 11) is 0. The third-order valence-electron chi connectivity index (χ3n) is 6.60. The SMILES string of the molecule is Cc1ccc(NC(=O)CNC(=O)CC23CC4CC(CC(C4)C2)C3)cc1Cl. The second kappa shape index (κ2) is 6.88. The minimum Gasteiger partial charge on any atom is -0.347 e. The summed E-state index contributed by atoms with van der Waals surface area (Å²) in [6, 6.07) is 5.41. The molecule has 4 aliphatic rings. The van der Waals surface area contributed by atoms with Crippen LogP contribution in [0.15, 0.2) is 18.2 Å². The molecule has 4 saturated carbocycles. The summed E-state index contributed by atoms with van der Waals surface area (Å²) in [6.07, 6.45) is 8.34. The monoisotopic (exact) mass is 374 g/mol. The van der Waals surface area contributed by atoms with Crippen molar-refractivity contribution in [2.75, 3.05) is 11.9 Å². The number of aryl methyl sites for hydroxylation is 1. The average molecular weight is 375 g/mol. The molecule has 5 heteroatoms. The fourth-order valence-electron chi connectivity index (χ4n) is 5.96. The van der Waals surface area contributed by atoms with Gasteiger partial charge in [-0.1, -0.05) is 17.7 Å². The van der Waals surface area contributed by atoms with Gasteiger partial charge in [0, 0.05) is 17.1 Å². The Labute approximate surface area is 160 Å². The van der Waals surface area contributed by atoms with Gasteiger partial charge in [-0.15, -0.1) is 0 Å². The molecule has 1 aromatic carbocycles. The molecule has 0 spiro atoms. The van der Waals surface area contributed by atoms with Gasteiger partial charge in [0.25, 0.3) is 0 Å². The molecule has 2 N–H and O–H groups in total. The van der Waals surface area contributed by atoms with E-state index in [1.807, 2.05) is 19.1 Å². The highest BCUT2D eigenvalue weighted by Gasteiger charge is 2.51. The molecule has 4 bridgehead atoms. The van der Waals surface area contributed by atoms with Crippen molar-refractivity contribution in [2.45, 2.75) is 51.9 Å². The maximum atomic E-state index is 12.5. The molecule has 0 atom stereocenters. The van der Waals surface area contributed by atoms with E-state index in [0.29, 0.717) is 17.1 Å².